The van der Waals surface area contributed by atoms with Crippen molar-refractivity contribution in [3.63, 3.8) is 0 Å². The van der Waals surface area contributed by atoms with Crippen molar-refractivity contribution in [1.29, 1.82) is 0 Å². The van der Waals surface area contributed by atoms with E-state index in [1.807, 2.05) is 18.2 Å². The minimum absolute atomic E-state index is 0.129. The Labute approximate surface area is 154 Å². The van der Waals surface area contributed by atoms with Gasteiger partial charge in [0.25, 0.3) is 5.91 Å². The van der Waals surface area contributed by atoms with E-state index in [1.165, 1.54) is 6.26 Å². The normalized spacial score (nSPS) is 10.5. The number of hydrogen-bond acceptors (Lipinski definition) is 4. The van der Waals surface area contributed by atoms with Crippen molar-refractivity contribution in [3.8, 4) is 0 Å². The summed E-state index contributed by atoms with van der Waals surface area (Å²) in [4.78, 5) is 23.8. The van der Waals surface area contributed by atoms with Crippen LogP contribution in [0.15, 0.2) is 59.3 Å². The highest BCUT2D eigenvalue weighted by molar-refractivity contribution is 6.31. The van der Waals surface area contributed by atoms with E-state index in [0.717, 1.165) is 5.56 Å². The Morgan fingerprint density at radius 2 is 2.00 bits per heavy atom. The zero-order valence-electron chi connectivity index (χ0n) is 13.8. The number of rotatable bonds is 7. The summed E-state index contributed by atoms with van der Waals surface area (Å²) in [5.41, 5.74) is 0.902. The molecule has 0 saturated carbocycles. The number of amides is 2. The van der Waals surface area contributed by atoms with Crippen LogP contribution in [0.3, 0.4) is 0 Å². The number of carbonyl (C=O) groups excluding carboxylic acids is 2. The summed E-state index contributed by atoms with van der Waals surface area (Å²) in [6.45, 7) is 0.640. The third-order valence-electron chi connectivity index (χ3n) is 3.64. The fourth-order valence-electron chi connectivity index (χ4n) is 2.34. The van der Waals surface area contributed by atoms with E-state index in [2.05, 4.69) is 15.7 Å². The van der Waals surface area contributed by atoms with E-state index in [1.54, 1.807) is 35.1 Å². The lowest BCUT2D eigenvalue weighted by Gasteiger charge is -2.10. The van der Waals surface area contributed by atoms with Crippen LogP contribution in [0.1, 0.15) is 22.5 Å². The number of hydrogen-bond donors (Lipinski definition) is 2. The van der Waals surface area contributed by atoms with Gasteiger partial charge in [0.2, 0.25) is 5.91 Å². The van der Waals surface area contributed by atoms with Gasteiger partial charge in [0.05, 0.1) is 19.0 Å². The van der Waals surface area contributed by atoms with Crippen molar-refractivity contribution in [1.82, 2.24) is 15.1 Å². The fraction of sp³-hybridized carbons (Fsp3) is 0.167. The van der Waals surface area contributed by atoms with Gasteiger partial charge in [-0.15, -0.1) is 0 Å². The molecule has 0 aliphatic heterocycles. The van der Waals surface area contributed by atoms with Crippen LogP contribution in [-0.2, 0) is 11.3 Å². The van der Waals surface area contributed by atoms with Crippen LogP contribution in [0.25, 0.3) is 0 Å². The molecular formula is C18H17ClN4O3. The number of furan rings is 1. The molecule has 2 N–H and O–H groups in total. The molecule has 0 aliphatic rings. The maximum atomic E-state index is 12.1. The summed E-state index contributed by atoms with van der Waals surface area (Å²) in [7, 11) is 0. The standard InChI is InChI=1S/C18H17ClN4O3/c19-14-5-2-1-4-13(14)12-23-16(7-10-21-23)22-17(24)8-9-20-18(25)15-6-3-11-26-15/h1-7,10-11H,8-9,12H2,(H,20,25)(H,22,24). The Kier molecular flexibility index (Phi) is 5.70. The zero-order chi connectivity index (χ0) is 18.4. The minimum atomic E-state index is -0.355. The van der Waals surface area contributed by atoms with Crippen LogP contribution >= 0.6 is 11.6 Å². The number of nitrogens with one attached hydrogen (secondary N) is 2. The van der Waals surface area contributed by atoms with Crippen molar-refractivity contribution >= 4 is 29.2 Å². The van der Waals surface area contributed by atoms with Crippen molar-refractivity contribution in [2.75, 3.05) is 11.9 Å². The van der Waals surface area contributed by atoms with Crippen LogP contribution in [0.2, 0.25) is 5.02 Å². The smallest absolute Gasteiger partial charge is 0.286 e. The Morgan fingerprint density at radius 1 is 1.15 bits per heavy atom. The van der Waals surface area contributed by atoms with Gasteiger partial charge in [0.15, 0.2) is 5.76 Å². The summed E-state index contributed by atoms with van der Waals surface area (Å²) in [5.74, 6) is 0.188. The molecule has 7 nitrogen and oxygen atoms in total. The number of benzene rings is 1. The molecule has 2 heterocycles. The predicted molar refractivity (Wildman–Crippen MR) is 97.1 cm³/mol. The molecule has 1 aromatic carbocycles. The van der Waals surface area contributed by atoms with E-state index in [4.69, 9.17) is 16.0 Å². The van der Waals surface area contributed by atoms with Gasteiger partial charge in [0.1, 0.15) is 5.82 Å². The van der Waals surface area contributed by atoms with Gasteiger partial charge < -0.3 is 15.1 Å². The highest BCUT2D eigenvalue weighted by Gasteiger charge is 2.11. The number of nitrogens with zero attached hydrogens (tertiary/aromatic N) is 2. The SMILES string of the molecule is O=C(CCNC(=O)c1ccco1)Nc1ccnn1Cc1ccccc1Cl. The van der Waals surface area contributed by atoms with Gasteiger partial charge in [-0.2, -0.15) is 5.10 Å². The Balaban J connectivity index is 1.51. The molecule has 0 radical (unpaired) electrons. The molecule has 2 amide bonds. The second kappa shape index (κ2) is 8.35. The Morgan fingerprint density at radius 3 is 2.77 bits per heavy atom. The lowest BCUT2D eigenvalue weighted by atomic mass is 10.2. The van der Waals surface area contributed by atoms with E-state index >= 15 is 0 Å². The summed E-state index contributed by atoms with van der Waals surface area (Å²) >= 11 is 6.16. The van der Waals surface area contributed by atoms with Gasteiger partial charge in [-0.05, 0) is 23.8 Å². The quantitative estimate of drug-likeness (QED) is 0.667. The molecule has 2 aromatic heterocycles. The van der Waals surface area contributed by atoms with Gasteiger partial charge in [-0.1, -0.05) is 29.8 Å². The molecular weight excluding hydrogens is 356 g/mol. The van der Waals surface area contributed by atoms with Crippen LogP contribution < -0.4 is 10.6 Å². The van der Waals surface area contributed by atoms with Crippen molar-refractivity contribution in [2.24, 2.45) is 0 Å². The van der Waals surface area contributed by atoms with Crippen LogP contribution in [0, 0.1) is 0 Å². The second-order valence-corrected chi connectivity index (χ2v) is 5.90. The summed E-state index contributed by atoms with van der Waals surface area (Å²) < 4.78 is 6.64. The highest BCUT2D eigenvalue weighted by Crippen LogP contribution is 2.18. The molecule has 3 aromatic rings. The lowest BCUT2D eigenvalue weighted by molar-refractivity contribution is -0.116. The monoisotopic (exact) mass is 372 g/mol. The first-order valence-electron chi connectivity index (χ1n) is 8.00. The molecule has 0 saturated heterocycles. The van der Waals surface area contributed by atoms with Crippen LogP contribution in [0.4, 0.5) is 5.82 Å². The van der Waals surface area contributed by atoms with Crippen LogP contribution in [0.5, 0.6) is 0 Å². The predicted octanol–water partition coefficient (Wildman–Crippen LogP) is 2.94. The van der Waals surface area contributed by atoms with E-state index in [9.17, 15) is 9.59 Å². The molecule has 134 valence electrons. The van der Waals surface area contributed by atoms with E-state index in [-0.39, 0.29) is 30.5 Å². The summed E-state index contributed by atoms with van der Waals surface area (Å²) in [6, 6.07) is 12.3. The molecule has 0 unspecified atom stereocenters. The average Bonchev–Trinajstić information content (AvgIpc) is 3.29. The Hall–Kier alpha value is -3.06. The van der Waals surface area contributed by atoms with Crippen molar-refractivity contribution in [2.45, 2.75) is 13.0 Å². The molecule has 3 rings (SSSR count). The molecule has 0 bridgehead atoms. The molecule has 0 aliphatic carbocycles. The zero-order valence-corrected chi connectivity index (χ0v) is 14.6. The molecule has 0 spiro atoms. The van der Waals surface area contributed by atoms with Crippen LogP contribution in [-0.4, -0.2) is 28.1 Å². The van der Waals surface area contributed by atoms with Crippen molar-refractivity contribution < 1.29 is 14.0 Å². The highest BCUT2D eigenvalue weighted by atomic mass is 35.5. The third-order valence-corrected chi connectivity index (χ3v) is 4.01. The first kappa shape index (κ1) is 17.8. The topological polar surface area (TPSA) is 89.2 Å². The second-order valence-electron chi connectivity index (χ2n) is 5.50. The minimum Gasteiger partial charge on any atom is -0.459 e. The number of halogens is 1. The maximum Gasteiger partial charge on any atom is 0.286 e. The molecule has 8 heteroatoms. The Bertz CT molecular complexity index is 889. The summed E-state index contributed by atoms with van der Waals surface area (Å²) in [6.07, 6.45) is 3.15. The van der Waals surface area contributed by atoms with Gasteiger partial charge in [0, 0.05) is 24.1 Å². The molecule has 0 fully saturated rings. The first-order chi connectivity index (χ1) is 12.6. The summed E-state index contributed by atoms with van der Waals surface area (Å²) in [5, 5.41) is 10.3. The molecule has 26 heavy (non-hydrogen) atoms. The van der Waals surface area contributed by atoms with E-state index in [0.29, 0.717) is 17.4 Å². The van der Waals surface area contributed by atoms with Gasteiger partial charge >= 0.3 is 0 Å². The number of aromatic nitrogens is 2. The first-order valence-corrected chi connectivity index (χ1v) is 8.38. The number of carbonyl (C=O) groups is 2. The average molecular weight is 373 g/mol. The third kappa shape index (κ3) is 4.52. The van der Waals surface area contributed by atoms with Gasteiger partial charge in [-0.3, -0.25) is 9.59 Å². The molecule has 0 atom stereocenters. The maximum absolute atomic E-state index is 12.1. The fourth-order valence-corrected chi connectivity index (χ4v) is 2.54. The van der Waals surface area contributed by atoms with Gasteiger partial charge in [-0.25, -0.2) is 4.68 Å². The van der Waals surface area contributed by atoms with Crippen molar-refractivity contribution in [3.05, 3.63) is 71.3 Å². The van der Waals surface area contributed by atoms with E-state index < -0.39 is 0 Å². The number of anilines is 1. The lowest BCUT2D eigenvalue weighted by Crippen LogP contribution is -2.27. The largest absolute Gasteiger partial charge is 0.459 e.